The van der Waals surface area contributed by atoms with Gasteiger partial charge in [0.15, 0.2) is 0 Å². The first kappa shape index (κ1) is 16.7. The van der Waals surface area contributed by atoms with E-state index in [2.05, 4.69) is 0 Å². The predicted molar refractivity (Wildman–Crippen MR) is 80.9 cm³/mol. The number of hydrogen-bond acceptors (Lipinski definition) is 3. The van der Waals surface area contributed by atoms with Crippen molar-refractivity contribution >= 4 is 11.9 Å². The van der Waals surface area contributed by atoms with Crippen LogP contribution < -0.4 is 5.73 Å². The molecule has 0 radical (unpaired) electrons. The zero-order valence-electron chi connectivity index (χ0n) is 13.2. The first-order chi connectivity index (χ1) is 9.08. The molecule has 4 nitrogen and oxygen atoms in total. The molecule has 1 amide bonds. The smallest absolute Gasteiger partial charge is 0.314 e. The Hall–Kier alpha value is -1.32. The summed E-state index contributed by atoms with van der Waals surface area (Å²) in [6, 6.07) is 0. The number of amides is 1. The minimum Gasteiger partial charge on any atom is -0.460 e. The molecule has 1 atom stereocenters. The average Bonchev–Trinajstić information content (AvgIpc) is 2.72. The highest BCUT2D eigenvalue weighted by Gasteiger charge is 2.50. The highest BCUT2D eigenvalue weighted by atomic mass is 16.6. The second-order valence-corrected chi connectivity index (χ2v) is 7.12. The molecule has 4 heteroatoms. The van der Waals surface area contributed by atoms with E-state index in [4.69, 9.17) is 10.5 Å². The number of carbonyl (C=O) groups excluding carboxylic acids is 2. The van der Waals surface area contributed by atoms with Crippen LogP contribution in [0.25, 0.3) is 0 Å². The first-order valence-electron chi connectivity index (χ1n) is 7.26. The third-order valence-electron chi connectivity index (χ3n) is 3.65. The third-order valence-corrected chi connectivity index (χ3v) is 3.65. The third kappa shape index (κ3) is 3.84. The quantitative estimate of drug-likeness (QED) is 0.622. The lowest BCUT2D eigenvalue weighted by Gasteiger charge is -2.36. The summed E-state index contributed by atoms with van der Waals surface area (Å²) in [4.78, 5) is 24.5. The van der Waals surface area contributed by atoms with E-state index in [1.54, 1.807) is 0 Å². The van der Waals surface area contributed by atoms with E-state index in [0.717, 1.165) is 0 Å². The van der Waals surface area contributed by atoms with E-state index >= 15 is 0 Å². The number of rotatable bonds is 5. The van der Waals surface area contributed by atoms with Crippen molar-refractivity contribution < 1.29 is 15.8 Å². The van der Waals surface area contributed by atoms with Gasteiger partial charge < -0.3 is 10.5 Å². The summed E-state index contributed by atoms with van der Waals surface area (Å²) in [5.74, 6) is -0.896. The number of allylic oxidation sites excluding steroid dienone is 2. The van der Waals surface area contributed by atoms with Gasteiger partial charge in [-0.3, -0.25) is 9.59 Å². The summed E-state index contributed by atoms with van der Waals surface area (Å²) in [6.45, 7) is 9.57. The van der Waals surface area contributed by atoms with Crippen LogP contribution in [0.2, 0.25) is 0 Å². The predicted octanol–water partition coefficient (Wildman–Crippen LogP) is 3.06. The van der Waals surface area contributed by atoms with E-state index in [-0.39, 0.29) is 7.40 Å². The SMILES string of the molecule is CC(C)C[C@@H](C(N)=O)C1(C(=O)OC(C)(C)C)CC=CC1.[HH]. The van der Waals surface area contributed by atoms with E-state index < -0.39 is 22.8 Å². The molecule has 20 heavy (non-hydrogen) atoms. The largest absolute Gasteiger partial charge is 0.460 e. The van der Waals surface area contributed by atoms with Crippen molar-refractivity contribution in [3.05, 3.63) is 12.2 Å². The summed E-state index contributed by atoms with van der Waals surface area (Å²) in [7, 11) is 0. The van der Waals surface area contributed by atoms with Crippen LogP contribution in [0.5, 0.6) is 0 Å². The van der Waals surface area contributed by atoms with Crippen LogP contribution in [0.1, 0.15) is 55.3 Å². The molecule has 0 unspecified atom stereocenters. The minimum atomic E-state index is -0.816. The highest BCUT2D eigenvalue weighted by Crippen LogP contribution is 2.45. The Kier molecular flexibility index (Phi) is 5.00. The van der Waals surface area contributed by atoms with Gasteiger partial charge in [0.05, 0.1) is 11.3 Å². The molecule has 1 aliphatic rings. The molecule has 0 aromatic carbocycles. The number of hydrogen-bond donors (Lipinski definition) is 1. The van der Waals surface area contributed by atoms with Crippen LogP contribution in [0, 0.1) is 17.3 Å². The monoisotopic (exact) mass is 283 g/mol. The van der Waals surface area contributed by atoms with E-state index in [1.807, 2.05) is 46.8 Å². The van der Waals surface area contributed by atoms with Crippen LogP contribution >= 0.6 is 0 Å². The van der Waals surface area contributed by atoms with Gasteiger partial charge in [-0.1, -0.05) is 26.0 Å². The van der Waals surface area contributed by atoms with Crippen LogP contribution in [0.4, 0.5) is 0 Å². The Morgan fingerprint density at radius 2 is 1.80 bits per heavy atom. The maximum absolute atomic E-state index is 12.6. The Balaban J connectivity index is 0.00000400. The Bertz CT molecular complexity index is 402. The Labute approximate surface area is 123 Å². The molecule has 1 rings (SSSR count). The van der Waals surface area contributed by atoms with Crippen molar-refractivity contribution in [1.29, 1.82) is 0 Å². The summed E-state index contributed by atoms with van der Waals surface area (Å²) < 4.78 is 5.55. The molecule has 0 fully saturated rings. The minimum absolute atomic E-state index is 0. The summed E-state index contributed by atoms with van der Waals surface area (Å²) >= 11 is 0. The van der Waals surface area contributed by atoms with Gasteiger partial charge in [0.2, 0.25) is 5.91 Å². The molecule has 0 aromatic rings. The van der Waals surface area contributed by atoms with Crippen molar-refractivity contribution in [3.63, 3.8) is 0 Å². The van der Waals surface area contributed by atoms with E-state index in [9.17, 15) is 9.59 Å². The van der Waals surface area contributed by atoms with E-state index in [0.29, 0.717) is 25.2 Å². The molecule has 0 saturated carbocycles. The molecule has 0 heterocycles. The fraction of sp³-hybridized carbons (Fsp3) is 0.750. The molecular formula is C16H29NO3. The molecule has 2 N–H and O–H groups in total. The van der Waals surface area contributed by atoms with Crippen LogP contribution in [0.15, 0.2) is 12.2 Å². The van der Waals surface area contributed by atoms with Gasteiger partial charge in [-0.25, -0.2) is 0 Å². The highest BCUT2D eigenvalue weighted by molar-refractivity contribution is 5.88. The standard InChI is InChI=1S/C16H27NO3.H2/c1-11(2)10-12(13(17)18)16(8-6-7-9-16)14(19)20-15(3,4)5;/h6-7,11-12H,8-10H2,1-5H3,(H2,17,18);1H/t12-;/m0./s1. The number of esters is 1. The fourth-order valence-corrected chi connectivity index (χ4v) is 2.73. The van der Waals surface area contributed by atoms with Crippen molar-refractivity contribution in [2.45, 2.75) is 59.5 Å². The van der Waals surface area contributed by atoms with Gasteiger partial charge in [-0.15, -0.1) is 0 Å². The summed E-state index contributed by atoms with van der Waals surface area (Å²) in [6.07, 6.45) is 5.56. The van der Waals surface area contributed by atoms with Crippen LogP contribution in [-0.2, 0) is 14.3 Å². The zero-order valence-corrected chi connectivity index (χ0v) is 13.2. The fourth-order valence-electron chi connectivity index (χ4n) is 2.73. The molecule has 0 saturated heterocycles. The average molecular weight is 283 g/mol. The second kappa shape index (κ2) is 5.98. The topological polar surface area (TPSA) is 69.4 Å². The van der Waals surface area contributed by atoms with Crippen molar-refractivity contribution in [3.8, 4) is 0 Å². The van der Waals surface area contributed by atoms with Crippen molar-refractivity contribution in [2.75, 3.05) is 0 Å². The Morgan fingerprint density at radius 3 is 2.15 bits per heavy atom. The van der Waals surface area contributed by atoms with Gasteiger partial charge in [-0.2, -0.15) is 0 Å². The molecule has 0 bridgehead atoms. The van der Waals surface area contributed by atoms with Gasteiger partial charge in [0.25, 0.3) is 0 Å². The van der Waals surface area contributed by atoms with Gasteiger partial charge in [-0.05, 0) is 46.0 Å². The van der Waals surface area contributed by atoms with Gasteiger partial charge >= 0.3 is 5.97 Å². The molecule has 0 aliphatic heterocycles. The van der Waals surface area contributed by atoms with E-state index in [1.165, 1.54) is 0 Å². The second-order valence-electron chi connectivity index (χ2n) is 7.12. The number of primary amides is 1. The maximum Gasteiger partial charge on any atom is 0.314 e. The van der Waals surface area contributed by atoms with Crippen LogP contribution in [0.3, 0.4) is 0 Å². The first-order valence-corrected chi connectivity index (χ1v) is 7.26. The lowest BCUT2D eigenvalue weighted by atomic mass is 9.69. The Morgan fingerprint density at radius 1 is 1.30 bits per heavy atom. The van der Waals surface area contributed by atoms with Gasteiger partial charge in [0.1, 0.15) is 5.60 Å². The number of carbonyl (C=O) groups is 2. The molecule has 116 valence electrons. The molecule has 0 spiro atoms. The maximum atomic E-state index is 12.6. The summed E-state index contributed by atoms with van der Waals surface area (Å²) in [5, 5.41) is 0. The van der Waals surface area contributed by atoms with Crippen molar-refractivity contribution in [1.82, 2.24) is 0 Å². The molecule has 1 aliphatic carbocycles. The van der Waals surface area contributed by atoms with Crippen molar-refractivity contribution in [2.24, 2.45) is 23.0 Å². The normalized spacial score (nSPS) is 19.1. The zero-order chi connectivity index (χ0) is 15.6. The molecular weight excluding hydrogens is 254 g/mol. The lowest BCUT2D eigenvalue weighted by molar-refractivity contribution is -0.173. The lowest BCUT2D eigenvalue weighted by Crippen LogP contribution is -2.47. The number of ether oxygens (including phenoxy) is 1. The van der Waals surface area contributed by atoms with Gasteiger partial charge in [0, 0.05) is 1.43 Å². The number of nitrogens with two attached hydrogens (primary N) is 1. The summed E-state index contributed by atoms with van der Waals surface area (Å²) in [5.41, 5.74) is 4.20. The van der Waals surface area contributed by atoms with Crippen LogP contribution in [-0.4, -0.2) is 17.5 Å². The molecule has 0 aromatic heterocycles.